The number of carbonyl (C=O) groups is 1. The summed E-state index contributed by atoms with van der Waals surface area (Å²) in [5, 5.41) is 13.3. The topological polar surface area (TPSA) is 52.6 Å². The van der Waals surface area contributed by atoms with Crippen LogP contribution in [0.15, 0.2) is 24.3 Å². The zero-order chi connectivity index (χ0) is 16.8. The molecule has 2 atom stereocenters. The average molecular weight is 318 g/mol. The summed E-state index contributed by atoms with van der Waals surface area (Å²) in [4.78, 5) is 14.6. The SMILES string of the molecule is CCC(O)C1CCCCN1CC(=O)Nc1ccccc1C(C)C. The Balaban J connectivity index is 2.01. The number of nitrogens with one attached hydrogen (secondary N) is 1. The number of aliphatic hydroxyl groups is 1. The molecule has 0 radical (unpaired) electrons. The molecule has 128 valence electrons. The molecule has 1 heterocycles. The number of likely N-dealkylation sites (tertiary alicyclic amines) is 1. The van der Waals surface area contributed by atoms with E-state index in [1.165, 1.54) is 0 Å². The summed E-state index contributed by atoms with van der Waals surface area (Å²) in [6, 6.07) is 8.09. The van der Waals surface area contributed by atoms with E-state index in [0.29, 0.717) is 12.5 Å². The minimum absolute atomic E-state index is 0.00769. The van der Waals surface area contributed by atoms with Crippen molar-refractivity contribution in [2.75, 3.05) is 18.4 Å². The van der Waals surface area contributed by atoms with E-state index in [1.807, 2.05) is 25.1 Å². The zero-order valence-corrected chi connectivity index (χ0v) is 14.6. The number of hydrogen-bond acceptors (Lipinski definition) is 3. The number of nitrogens with zero attached hydrogens (tertiary/aromatic N) is 1. The highest BCUT2D eigenvalue weighted by molar-refractivity contribution is 5.93. The van der Waals surface area contributed by atoms with Gasteiger partial charge in [-0.1, -0.05) is 45.4 Å². The second-order valence-corrected chi connectivity index (χ2v) is 6.80. The van der Waals surface area contributed by atoms with E-state index in [9.17, 15) is 9.90 Å². The molecule has 1 aliphatic heterocycles. The van der Waals surface area contributed by atoms with Crippen LogP contribution in [0.3, 0.4) is 0 Å². The molecule has 0 aliphatic carbocycles. The van der Waals surface area contributed by atoms with Gasteiger partial charge in [-0.2, -0.15) is 0 Å². The lowest BCUT2D eigenvalue weighted by molar-refractivity contribution is -0.119. The number of carbonyl (C=O) groups excluding carboxylic acids is 1. The Hall–Kier alpha value is -1.39. The standard InChI is InChI=1S/C19H30N2O2/c1-4-18(22)17-11-7-8-12-21(17)13-19(23)20-16-10-6-5-9-15(16)14(2)3/h5-6,9-10,14,17-18,22H,4,7-8,11-13H2,1-3H3,(H,20,23). The predicted molar refractivity (Wildman–Crippen MR) is 94.7 cm³/mol. The van der Waals surface area contributed by atoms with Crippen molar-refractivity contribution >= 4 is 11.6 Å². The van der Waals surface area contributed by atoms with Gasteiger partial charge in [0.1, 0.15) is 0 Å². The van der Waals surface area contributed by atoms with Gasteiger partial charge in [0.2, 0.25) is 5.91 Å². The van der Waals surface area contributed by atoms with Crippen LogP contribution in [0.4, 0.5) is 5.69 Å². The maximum absolute atomic E-state index is 12.5. The molecule has 1 aliphatic rings. The summed E-state index contributed by atoms with van der Waals surface area (Å²) < 4.78 is 0. The average Bonchev–Trinajstić information content (AvgIpc) is 2.55. The van der Waals surface area contributed by atoms with Gasteiger partial charge in [-0.3, -0.25) is 9.69 Å². The first kappa shape index (κ1) is 18.0. The number of hydrogen-bond donors (Lipinski definition) is 2. The van der Waals surface area contributed by atoms with E-state index in [2.05, 4.69) is 30.1 Å². The number of rotatable bonds is 6. The third-order valence-corrected chi connectivity index (χ3v) is 4.73. The smallest absolute Gasteiger partial charge is 0.238 e. The number of piperidine rings is 1. The number of benzene rings is 1. The summed E-state index contributed by atoms with van der Waals surface area (Å²) in [5.41, 5.74) is 2.06. The molecule has 1 amide bonds. The molecule has 4 heteroatoms. The summed E-state index contributed by atoms with van der Waals surface area (Å²) in [7, 11) is 0. The van der Waals surface area contributed by atoms with Crippen molar-refractivity contribution in [3.63, 3.8) is 0 Å². The molecule has 1 fully saturated rings. The molecule has 2 N–H and O–H groups in total. The van der Waals surface area contributed by atoms with E-state index in [4.69, 9.17) is 0 Å². The van der Waals surface area contributed by atoms with E-state index in [-0.39, 0.29) is 18.1 Å². The van der Waals surface area contributed by atoms with Crippen LogP contribution in [0, 0.1) is 0 Å². The third-order valence-electron chi connectivity index (χ3n) is 4.73. The fourth-order valence-electron chi connectivity index (χ4n) is 3.41. The Morgan fingerprint density at radius 1 is 1.35 bits per heavy atom. The van der Waals surface area contributed by atoms with Crippen molar-refractivity contribution in [2.24, 2.45) is 0 Å². The number of para-hydroxylation sites is 1. The lowest BCUT2D eigenvalue weighted by Crippen LogP contribution is -2.49. The lowest BCUT2D eigenvalue weighted by Gasteiger charge is -2.37. The van der Waals surface area contributed by atoms with Gasteiger partial charge in [0, 0.05) is 11.7 Å². The molecular weight excluding hydrogens is 288 g/mol. The molecule has 23 heavy (non-hydrogen) atoms. The first-order chi connectivity index (χ1) is 11.0. The summed E-state index contributed by atoms with van der Waals surface area (Å²) in [6.07, 6.45) is 3.61. The lowest BCUT2D eigenvalue weighted by atomic mass is 9.96. The van der Waals surface area contributed by atoms with Crippen molar-refractivity contribution in [3.8, 4) is 0 Å². The number of anilines is 1. The molecule has 0 bridgehead atoms. The van der Waals surface area contributed by atoms with Crippen molar-refractivity contribution in [1.29, 1.82) is 0 Å². The fraction of sp³-hybridized carbons (Fsp3) is 0.632. The van der Waals surface area contributed by atoms with Gasteiger partial charge >= 0.3 is 0 Å². The molecule has 0 saturated carbocycles. The third kappa shape index (κ3) is 4.79. The van der Waals surface area contributed by atoms with Crippen LogP contribution in [0.25, 0.3) is 0 Å². The normalized spacial score (nSPS) is 20.5. The maximum Gasteiger partial charge on any atom is 0.238 e. The number of aliphatic hydroxyl groups excluding tert-OH is 1. The van der Waals surface area contributed by atoms with Crippen LogP contribution >= 0.6 is 0 Å². The van der Waals surface area contributed by atoms with E-state index in [0.717, 1.165) is 43.5 Å². The quantitative estimate of drug-likeness (QED) is 0.845. The van der Waals surface area contributed by atoms with Gasteiger partial charge in [-0.15, -0.1) is 0 Å². The van der Waals surface area contributed by atoms with Crippen LogP contribution in [0.5, 0.6) is 0 Å². The second kappa shape index (κ2) is 8.46. The van der Waals surface area contributed by atoms with Crippen LogP contribution in [0.2, 0.25) is 0 Å². The molecule has 0 aromatic heterocycles. The Morgan fingerprint density at radius 3 is 2.78 bits per heavy atom. The van der Waals surface area contributed by atoms with Gasteiger partial charge in [-0.05, 0) is 43.4 Å². The maximum atomic E-state index is 12.5. The molecule has 2 rings (SSSR count). The van der Waals surface area contributed by atoms with Crippen molar-refractivity contribution in [3.05, 3.63) is 29.8 Å². The molecule has 1 saturated heterocycles. The van der Waals surface area contributed by atoms with Crippen molar-refractivity contribution in [2.45, 2.75) is 64.5 Å². The first-order valence-electron chi connectivity index (χ1n) is 8.83. The van der Waals surface area contributed by atoms with Gasteiger partial charge < -0.3 is 10.4 Å². The Labute approximate surface area is 139 Å². The number of amides is 1. The van der Waals surface area contributed by atoms with Gasteiger partial charge in [-0.25, -0.2) is 0 Å². The second-order valence-electron chi connectivity index (χ2n) is 6.80. The van der Waals surface area contributed by atoms with Crippen LogP contribution < -0.4 is 5.32 Å². The van der Waals surface area contributed by atoms with E-state index < -0.39 is 0 Å². The molecule has 0 spiro atoms. The summed E-state index contributed by atoms with van der Waals surface area (Å²) >= 11 is 0. The predicted octanol–water partition coefficient (Wildman–Crippen LogP) is 3.37. The molecule has 4 nitrogen and oxygen atoms in total. The zero-order valence-electron chi connectivity index (χ0n) is 14.6. The van der Waals surface area contributed by atoms with Crippen molar-refractivity contribution in [1.82, 2.24) is 4.90 Å². The Morgan fingerprint density at radius 2 is 2.09 bits per heavy atom. The fourth-order valence-corrected chi connectivity index (χ4v) is 3.41. The van der Waals surface area contributed by atoms with Crippen LogP contribution in [-0.2, 0) is 4.79 Å². The molecule has 1 aromatic rings. The van der Waals surface area contributed by atoms with Crippen LogP contribution in [-0.4, -0.2) is 41.1 Å². The van der Waals surface area contributed by atoms with Crippen LogP contribution in [0.1, 0.15) is 57.9 Å². The largest absolute Gasteiger partial charge is 0.392 e. The van der Waals surface area contributed by atoms with E-state index in [1.54, 1.807) is 0 Å². The molecule has 2 unspecified atom stereocenters. The minimum atomic E-state index is -0.342. The minimum Gasteiger partial charge on any atom is -0.392 e. The summed E-state index contributed by atoms with van der Waals surface area (Å²) in [5.74, 6) is 0.379. The highest BCUT2D eigenvalue weighted by Crippen LogP contribution is 2.24. The van der Waals surface area contributed by atoms with Gasteiger partial charge in [0.15, 0.2) is 0 Å². The Kier molecular flexibility index (Phi) is 6.60. The first-order valence-corrected chi connectivity index (χ1v) is 8.83. The highest BCUT2D eigenvalue weighted by Gasteiger charge is 2.29. The van der Waals surface area contributed by atoms with E-state index >= 15 is 0 Å². The van der Waals surface area contributed by atoms with Crippen molar-refractivity contribution < 1.29 is 9.90 Å². The Bertz CT molecular complexity index is 516. The van der Waals surface area contributed by atoms with Gasteiger partial charge in [0.25, 0.3) is 0 Å². The van der Waals surface area contributed by atoms with Gasteiger partial charge in [0.05, 0.1) is 12.6 Å². The molecule has 1 aromatic carbocycles. The monoisotopic (exact) mass is 318 g/mol. The summed E-state index contributed by atoms with van der Waals surface area (Å²) in [6.45, 7) is 7.50. The molecular formula is C19H30N2O2. The highest BCUT2D eigenvalue weighted by atomic mass is 16.3.